The summed E-state index contributed by atoms with van der Waals surface area (Å²) in [5, 5.41) is 0. The lowest BCUT2D eigenvalue weighted by Gasteiger charge is -2.39. The van der Waals surface area contributed by atoms with Crippen molar-refractivity contribution < 1.29 is 9.47 Å². The molecular weight excluding hydrogens is 264 g/mol. The second-order valence-corrected chi connectivity index (χ2v) is 6.14. The van der Waals surface area contributed by atoms with E-state index in [1.165, 1.54) is 24.8 Å². The highest BCUT2D eigenvalue weighted by molar-refractivity contribution is 5.43. The minimum absolute atomic E-state index is 0.511. The van der Waals surface area contributed by atoms with Gasteiger partial charge in [-0.25, -0.2) is 0 Å². The molecular formula is C17H26N2O2. The average molecular weight is 290 g/mol. The van der Waals surface area contributed by atoms with Gasteiger partial charge in [0, 0.05) is 19.1 Å². The monoisotopic (exact) mass is 290 g/mol. The van der Waals surface area contributed by atoms with E-state index in [9.17, 15) is 0 Å². The van der Waals surface area contributed by atoms with E-state index >= 15 is 0 Å². The van der Waals surface area contributed by atoms with E-state index in [1.807, 2.05) is 6.07 Å². The third kappa shape index (κ3) is 3.33. The zero-order valence-corrected chi connectivity index (χ0v) is 12.9. The van der Waals surface area contributed by atoms with Gasteiger partial charge in [0.05, 0.1) is 0 Å². The number of hydrogen-bond donors (Lipinski definition) is 1. The fraction of sp³-hybridized carbons (Fsp3) is 0.647. The van der Waals surface area contributed by atoms with Gasteiger partial charge < -0.3 is 15.2 Å². The number of nitrogens with zero attached hydrogens (tertiary/aromatic N) is 1. The Bertz CT molecular complexity index is 478. The standard InChI is InChI=1S/C17H26N2O2/c1-2-13-5-6-19(15(9-13)11-18)12-14-3-4-16-17(10-14)21-8-7-20-16/h3-4,10,13,15H,2,5-9,11-12,18H2,1H3. The van der Waals surface area contributed by atoms with Crippen LogP contribution in [0.2, 0.25) is 0 Å². The smallest absolute Gasteiger partial charge is 0.161 e. The van der Waals surface area contributed by atoms with Crippen LogP contribution < -0.4 is 15.2 Å². The van der Waals surface area contributed by atoms with Crippen molar-refractivity contribution >= 4 is 0 Å². The van der Waals surface area contributed by atoms with Crippen LogP contribution in [0.4, 0.5) is 0 Å². The molecule has 1 aromatic rings. The largest absolute Gasteiger partial charge is 0.486 e. The van der Waals surface area contributed by atoms with Crippen LogP contribution in [0.5, 0.6) is 11.5 Å². The van der Waals surface area contributed by atoms with Gasteiger partial charge in [-0.05, 0) is 43.0 Å². The van der Waals surface area contributed by atoms with Crippen molar-refractivity contribution in [2.75, 3.05) is 26.3 Å². The fourth-order valence-corrected chi connectivity index (χ4v) is 3.43. The lowest BCUT2D eigenvalue weighted by Crippen LogP contribution is -2.46. The third-order valence-electron chi connectivity index (χ3n) is 4.79. The van der Waals surface area contributed by atoms with Crippen LogP contribution in [0.15, 0.2) is 18.2 Å². The lowest BCUT2D eigenvalue weighted by molar-refractivity contribution is 0.107. The molecule has 0 spiro atoms. The maximum atomic E-state index is 5.99. The number of rotatable bonds is 4. The van der Waals surface area contributed by atoms with E-state index in [-0.39, 0.29) is 0 Å². The van der Waals surface area contributed by atoms with E-state index in [0.717, 1.165) is 37.1 Å². The summed E-state index contributed by atoms with van der Waals surface area (Å²) >= 11 is 0. The third-order valence-corrected chi connectivity index (χ3v) is 4.79. The predicted octanol–water partition coefficient (Wildman–Crippen LogP) is 2.41. The Morgan fingerprint density at radius 1 is 1.24 bits per heavy atom. The zero-order chi connectivity index (χ0) is 14.7. The minimum atomic E-state index is 0.511. The van der Waals surface area contributed by atoms with Crippen molar-refractivity contribution in [2.45, 2.75) is 38.8 Å². The number of piperidine rings is 1. The molecule has 0 amide bonds. The van der Waals surface area contributed by atoms with Crippen molar-refractivity contribution in [3.8, 4) is 11.5 Å². The summed E-state index contributed by atoms with van der Waals surface area (Å²) < 4.78 is 11.3. The van der Waals surface area contributed by atoms with Crippen molar-refractivity contribution in [2.24, 2.45) is 11.7 Å². The summed E-state index contributed by atoms with van der Waals surface area (Å²) in [6, 6.07) is 6.80. The Labute approximate surface area is 127 Å². The van der Waals surface area contributed by atoms with Crippen molar-refractivity contribution in [3.05, 3.63) is 23.8 Å². The molecule has 21 heavy (non-hydrogen) atoms. The maximum Gasteiger partial charge on any atom is 0.161 e. The molecule has 2 unspecified atom stereocenters. The molecule has 1 fully saturated rings. The number of nitrogens with two attached hydrogens (primary N) is 1. The molecule has 1 aromatic carbocycles. The van der Waals surface area contributed by atoms with Gasteiger partial charge in [0.2, 0.25) is 0 Å². The molecule has 0 aromatic heterocycles. The summed E-state index contributed by atoms with van der Waals surface area (Å²) in [4.78, 5) is 2.53. The molecule has 116 valence electrons. The van der Waals surface area contributed by atoms with Crippen molar-refractivity contribution in [1.29, 1.82) is 0 Å². The molecule has 0 bridgehead atoms. The van der Waals surface area contributed by atoms with Crippen LogP contribution >= 0.6 is 0 Å². The van der Waals surface area contributed by atoms with Gasteiger partial charge >= 0.3 is 0 Å². The highest BCUT2D eigenvalue weighted by atomic mass is 16.6. The van der Waals surface area contributed by atoms with Crippen LogP contribution in [0.1, 0.15) is 31.7 Å². The van der Waals surface area contributed by atoms with Gasteiger partial charge in [-0.15, -0.1) is 0 Å². The Balaban J connectivity index is 1.68. The van der Waals surface area contributed by atoms with E-state index in [0.29, 0.717) is 19.3 Å². The average Bonchev–Trinajstić information content (AvgIpc) is 2.55. The Morgan fingerprint density at radius 2 is 2.05 bits per heavy atom. The lowest BCUT2D eigenvalue weighted by atomic mass is 9.88. The molecule has 2 aliphatic heterocycles. The molecule has 2 heterocycles. The Kier molecular flexibility index (Phi) is 4.66. The number of likely N-dealkylation sites (tertiary alicyclic amines) is 1. The topological polar surface area (TPSA) is 47.7 Å². The number of ether oxygens (including phenoxy) is 2. The quantitative estimate of drug-likeness (QED) is 0.925. The zero-order valence-electron chi connectivity index (χ0n) is 12.9. The number of hydrogen-bond acceptors (Lipinski definition) is 4. The molecule has 3 rings (SSSR count). The van der Waals surface area contributed by atoms with Crippen LogP contribution in [0.25, 0.3) is 0 Å². The molecule has 0 aliphatic carbocycles. The van der Waals surface area contributed by atoms with Crippen molar-refractivity contribution in [3.63, 3.8) is 0 Å². The van der Waals surface area contributed by atoms with Gasteiger partial charge in [-0.1, -0.05) is 19.4 Å². The first kappa shape index (κ1) is 14.7. The summed E-state index contributed by atoms with van der Waals surface area (Å²) in [6.45, 7) is 6.43. The predicted molar refractivity (Wildman–Crippen MR) is 83.7 cm³/mol. The van der Waals surface area contributed by atoms with Crippen molar-refractivity contribution in [1.82, 2.24) is 4.90 Å². The van der Waals surface area contributed by atoms with E-state index < -0.39 is 0 Å². The first-order valence-electron chi connectivity index (χ1n) is 8.12. The fourth-order valence-electron chi connectivity index (χ4n) is 3.43. The van der Waals surface area contributed by atoms with Gasteiger partial charge in [0.15, 0.2) is 11.5 Å². The first-order chi connectivity index (χ1) is 10.3. The second kappa shape index (κ2) is 6.67. The first-order valence-corrected chi connectivity index (χ1v) is 8.12. The summed E-state index contributed by atoms with van der Waals surface area (Å²) in [5.74, 6) is 2.59. The Hall–Kier alpha value is -1.26. The molecule has 2 N–H and O–H groups in total. The molecule has 2 aliphatic rings. The highest BCUT2D eigenvalue weighted by Crippen LogP contribution is 2.32. The SMILES string of the molecule is CCC1CCN(Cc2ccc3c(c2)OCCO3)C(CN)C1. The second-order valence-electron chi connectivity index (χ2n) is 6.14. The Morgan fingerprint density at radius 3 is 2.81 bits per heavy atom. The summed E-state index contributed by atoms with van der Waals surface area (Å²) in [6.07, 6.45) is 3.80. The van der Waals surface area contributed by atoms with E-state index in [1.54, 1.807) is 0 Å². The highest BCUT2D eigenvalue weighted by Gasteiger charge is 2.26. The van der Waals surface area contributed by atoms with E-state index in [4.69, 9.17) is 15.2 Å². The van der Waals surface area contributed by atoms with Gasteiger partial charge in [0.1, 0.15) is 13.2 Å². The normalized spacial score (nSPS) is 25.8. The molecule has 4 heteroatoms. The molecule has 4 nitrogen and oxygen atoms in total. The molecule has 1 saturated heterocycles. The number of fused-ring (bicyclic) bond motifs is 1. The van der Waals surface area contributed by atoms with Crippen LogP contribution in [-0.2, 0) is 6.54 Å². The number of benzene rings is 1. The summed E-state index contributed by atoms with van der Waals surface area (Å²) in [5.41, 5.74) is 7.27. The van der Waals surface area contributed by atoms with Gasteiger partial charge in [-0.3, -0.25) is 4.90 Å². The van der Waals surface area contributed by atoms with Crippen LogP contribution in [0, 0.1) is 5.92 Å². The molecule has 0 radical (unpaired) electrons. The molecule has 2 atom stereocenters. The van der Waals surface area contributed by atoms with Gasteiger partial charge in [0.25, 0.3) is 0 Å². The summed E-state index contributed by atoms with van der Waals surface area (Å²) in [7, 11) is 0. The van der Waals surface area contributed by atoms with Crippen LogP contribution in [0.3, 0.4) is 0 Å². The maximum absolute atomic E-state index is 5.99. The molecule has 0 saturated carbocycles. The van der Waals surface area contributed by atoms with Crippen LogP contribution in [-0.4, -0.2) is 37.2 Å². The van der Waals surface area contributed by atoms with E-state index in [2.05, 4.69) is 24.0 Å². The minimum Gasteiger partial charge on any atom is -0.486 e. The van der Waals surface area contributed by atoms with Gasteiger partial charge in [-0.2, -0.15) is 0 Å².